The van der Waals surface area contributed by atoms with Gasteiger partial charge >= 0.3 is 0 Å². The highest BCUT2D eigenvalue weighted by molar-refractivity contribution is 5.58. The topological polar surface area (TPSA) is 58.3 Å². The van der Waals surface area contributed by atoms with Crippen LogP contribution in [-0.4, -0.2) is 23.8 Å². The number of aryl methyl sites for hydroxylation is 1. The lowest BCUT2D eigenvalue weighted by molar-refractivity contribution is 0.254. The average Bonchev–Trinajstić information content (AvgIpc) is 2.59. The van der Waals surface area contributed by atoms with Gasteiger partial charge in [-0.2, -0.15) is 0 Å². The molecule has 3 nitrogen and oxygen atoms in total. The largest absolute Gasteiger partial charge is 0.395 e. The second-order valence-corrected chi connectivity index (χ2v) is 3.96. The van der Waals surface area contributed by atoms with Crippen LogP contribution in [0, 0.1) is 6.92 Å². The van der Waals surface area contributed by atoms with Crippen molar-refractivity contribution in [2.24, 2.45) is 5.73 Å². The molecule has 0 bridgehead atoms. The Kier molecular flexibility index (Phi) is 2.44. The van der Waals surface area contributed by atoms with Crippen molar-refractivity contribution in [2.75, 3.05) is 11.9 Å². The second-order valence-electron chi connectivity index (χ2n) is 3.96. The lowest BCUT2D eigenvalue weighted by Gasteiger charge is -2.17. The molecule has 0 saturated carbocycles. The van der Waals surface area contributed by atoms with Crippen molar-refractivity contribution in [3.05, 3.63) is 29.3 Å². The monoisotopic (exact) mass is 192 g/mol. The first-order valence-electron chi connectivity index (χ1n) is 4.93. The number of nitrogens with two attached hydrogens (primary N) is 1. The molecule has 0 radical (unpaired) electrons. The Labute approximate surface area is 83.9 Å². The molecule has 1 aliphatic rings. The molecule has 0 aliphatic carbocycles. The van der Waals surface area contributed by atoms with E-state index in [0.717, 1.165) is 12.1 Å². The minimum atomic E-state index is -0.178. The summed E-state index contributed by atoms with van der Waals surface area (Å²) in [7, 11) is 0. The molecule has 2 unspecified atom stereocenters. The molecule has 1 aliphatic heterocycles. The van der Waals surface area contributed by atoms with Crippen LogP contribution in [0.3, 0.4) is 0 Å². The maximum Gasteiger partial charge on any atom is 0.0602 e. The van der Waals surface area contributed by atoms with Gasteiger partial charge in [-0.1, -0.05) is 17.7 Å². The molecule has 1 aromatic rings. The smallest absolute Gasteiger partial charge is 0.0602 e. The van der Waals surface area contributed by atoms with Crippen molar-refractivity contribution in [2.45, 2.75) is 25.4 Å². The summed E-state index contributed by atoms with van der Waals surface area (Å²) in [5, 5.41) is 12.3. The number of anilines is 1. The summed E-state index contributed by atoms with van der Waals surface area (Å²) in [5.74, 6) is 0. The molecule has 1 aromatic carbocycles. The zero-order chi connectivity index (χ0) is 10.1. The maximum absolute atomic E-state index is 8.96. The summed E-state index contributed by atoms with van der Waals surface area (Å²) in [6.07, 6.45) is 0.915. The fraction of sp³-hybridized carbons (Fsp3) is 0.455. The second kappa shape index (κ2) is 3.59. The van der Waals surface area contributed by atoms with E-state index in [4.69, 9.17) is 10.8 Å². The minimum absolute atomic E-state index is 0.0324. The van der Waals surface area contributed by atoms with Crippen LogP contribution in [0.25, 0.3) is 0 Å². The van der Waals surface area contributed by atoms with E-state index < -0.39 is 0 Å². The third-order valence-electron chi connectivity index (χ3n) is 2.77. The van der Waals surface area contributed by atoms with E-state index in [9.17, 15) is 0 Å². The van der Waals surface area contributed by atoms with E-state index in [1.54, 1.807) is 0 Å². The molecular weight excluding hydrogens is 176 g/mol. The summed E-state index contributed by atoms with van der Waals surface area (Å²) >= 11 is 0. The molecule has 4 N–H and O–H groups in total. The molecule has 0 fully saturated rings. The van der Waals surface area contributed by atoms with Crippen LogP contribution >= 0.6 is 0 Å². The van der Waals surface area contributed by atoms with Gasteiger partial charge in [0.2, 0.25) is 0 Å². The summed E-state index contributed by atoms with van der Waals surface area (Å²) in [4.78, 5) is 0. The predicted molar refractivity (Wildman–Crippen MR) is 57.4 cm³/mol. The standard InChI is InChI=1S/C11H16N2O/c1-7-2-3-10-8(4-7)5-11(13-10)9(12)6-14/h2-4,9,11,13-14H,5-6,12H2,1H3. The first-order valence-corrected chi connectivity index (χ1v) is 4.93. The highest BCUT2D eigenvalue weighted by atomic mass is 16.3. The number of nitrogens with one attached hydrogen (secondary N) is 1. The van der Waals surface area contributed by atoms with Crippen molar-refractivity contribution < 1.29 is 5.11 Å². The van der Waals surface area contributed by atoms with Gasteiger partial charge in [-0.3, -0.25) is 0 Å². The third kappa shape index (κ3) is 1.61. The summed E-state index contributed by atoms with van der Waals surface area (Å²) in [6.45, 7) is 2.12. The first-order chi connectivity index (χ1) is 6.70. The molecule has 76 valence electrons. The van der Waals surface area contributed by atoms with Crippen LogP contribution < -0.4 is 11.1 Å². The molecule has 0 amide bonds. The summed E-state index contributed by atoms with van der Waals surface area (Å²) in [6, 6.07) is 6.33. The summed E-state index contributed by atoms with van der Waals surface area (Å²) in [5.41, 5.74) is 9.51. The van der Waals surface area contributed by atoms with Crippen LogP contribution in [0.2, 0.25) is 0 Å². The van der Waals surface area contributed by atoms with E-state index in [0.29, 0.717) is 0 Å². The molecule has 2 atom stereocenters. The number of hydrogen-bond acceptors (Lipinski definition) is 3. The van der Waals surface area contributed by atoms with Crippen molar-refractivity contribution in [3.8, 4) is 0 Å². The van der Waals surface area contributed by atoms with Crippen LogP contribution in [0.15, 0.2) is 18.2 Å². The molecular formula is C11H16N2O. The molecule has 2 rings (SSSR count). The molecule has 0 saturated heterocycles. The Balaban J connectivity index is 2.17. The van der Waals surface area contributed by atoms with E-state index in [2.05, 4.69) is 30.4 Å². The average molecular weight is 192 g/mol. The molecule has 0 spiro atoms. The zero-order valence-electron chi connectivity index (χ0n) is 8.33. The Hall–Kier alpha value is -1.06. The molecule has 3 heteroatoms. The summed E-state index contributed by atoms with van der Waals surface area (Å²) < 4.78 is 0. The maximum atomic E-state index is 8.96. The van der Waals surface area contributed by atoms with Gasteiger partial charge in [0.15, 0.2) is 0 Å². The van der Waals surface area contributed by atoms with Crippen LogP contribution in [0.5, 0.6) is 0 Å². The van der Waals surface area contributed by atoms with Crippen LogP contribution in [-0.2, 0) is 6.42 Å². The highest BCUT2D eigenvalue weighted by Crippen LogP contribution is 2.27. The van der Waals surface area contributed by atoms with Gasteiger partial charge in [0.1, 0.15) is 0 Å². The normalized spacial score (nSPS) is 21.5. The van der Waals surface area contributed by atoms with Gasteiger partial charge in [0, 0.05) is 17.8 Å². The van der Waals surface area contributed by atoms with Crippen molar-refractivity contribution in [1.29, 1.82) is 0 Å². The first kappa shape index (κ1) is 9.49. The number of fused-ring (bicyclic) bond motifs is 1. The lowest BCUT2D eigenvalue weighted by atomic mass is 10.0. The van der Waals surface area contributed by atoms with E-state index in [1.165, 1.54) is 11.1 Å². The number of aliphatic hydroxyl groups is 1. The highest BCUT2D eigenvalue weighted by Gasteiger charge is 2.24. The van der Waals surface area contributed by atoms with Gasteiger partial charge in [0.05, 0.1) is 6.61 Å². The fourth-order valence-electron chi connectivity index (χ4n) is 1.91. The lowest BCUT2D eigenvalue weighted by Crippen LogP contribution is -2.41. The number of hydrogen-bond donors (Lipinski definition) is 3. The zero-order valence-corrected chi connectivity index (χ0v) is 8.33. The number of benzene rings is 1. The van der Waals surface area contributed by atoms with Crippen molar-refractivity contribution in [1.82, 2.24) is 0 Å². The number of rotatable bonds is 2. The molecule has 14 heavy (non-hydrogen) atoms. The fourth-order valence-corrected chi connectivity index (χ4v) is 1.91. The van der Waals surface area contributed by atoms with E-state index in [-0.39, 0.29) is 18.7 Å². The van der Waals surface area contributed by atoms with E-state index in [1.807, 2.05) is 0 Å². The Morgan fingerprint density at radius 3 is 3.14 bits per heavy atom. The van der Waals surface area contributed by atoms with Crippen LogP contribution in [0.1, 0.15) is 11.1 Å². The minimum Gasteiger partial charge on any atom is -0.395 e. The third-order valence-corrected chi connectivity index (χ3v) is 2.77. The Bertz CT molecular complexity index is 338. The number of aliphatic hydroxyl groups excluding tert-OH is 1. The van der Waals surface area contributed by atoms with Gasteiger partial charge in [-0.15, -0.1) is 0 Å². The van der Waals surface area contributed by atoms with Crippen molar-refractivity contribution >= 4 is 5.69 Å². The molecule has 0 aromatic heterocycles. The van der Waals surface area contributed by atoms with Gasteiger partial charge in [-0.25, -0.2) is 0 Å². The Morgan fingerprint density at radius 1 is 1.64 bits per heavy atom. The van der Waals surface area contributed by atoms with Gasteiger partial charge < -0.3 is 16.2 Å². The van der Waals surface area contributed by atoms with Crippen molar-refractivity contribution in [3.63, 3.8) is 0 Å². The van der Waals surface area contributed by atoms with Gasteiger partial charge in [-0.05, 0) is 25.0 Å². The predicted octanol–water partition coefficient (Wildman–Crippen LogP) is 0.651. The van der Waals surface area contributed by atoms with Crippen LogP contribution in [0.4, 0.5) is 5.69 Å². The van der Waals surface area contributed by atoms with E-state index >= 15 is 0 Å². The quantitative estimate of drug-likeness (QED) is 0.645. The SMILES string of the molecule is Cc1ccc2c(c1)CC(C(N)CO)N2. The molecule has 1 heterocycles. The van der Waals surface area contributed by atoms with Gasteiger partial charge in [0.25, 0.3) is 0 Å². The Morgan fingerprint density at radius 2 is 2.43 bits per heavy atom.